The summed E-state index contributed by atoms with van der Waals surface area (Å²) in [7, 11) is 1.68. The molecule has 2 fully saturated rings. The minimum atomic E-state index is -0.506. The number of halogens is 2. The summed E-state index contributed by atoms with van der Waals surface area (Å²) in [5.41, 5.74) is 0.604. The van der Waals surface area contributed by atoms with Gasteiger partial charge in [0, 0.05) is 25.8 Å². The van der Waals surface area contributed by atoms with Gasteiger partial charge in [0.05, 0.1) is 24.3 Å². The molecule has 2 saturated heterocycles. The van der Waals surface area contributed by atoms with Gasteiger partial charge in [0.2, 0.25) is 0 Å². The summed E-state index contributed by atoms with van der Waals surface area (Å²) in [5, 5.41) is -0.0177. The number of carbonyl (C=O) groups excluding carboxylic acids is 1. The van der Waals surface area contributed by atoms with Crippen LogP contribution in [-0.4, -0.2) is 50.3 Å². The van der Waals surface area contributed by atoms with E-state index in [1.807, 2.05) is 4.90 Å². The van der Waals surface area contributed by atoms with Crippen LogP contribution in [0.25, 0.3) is 0 Å². The summed E-state index contributed by atoms with van der Waals surface area (Å²) in [6, 6.07) is 4.12. The molecule has 1 aromatic carbocycles. The van der Waals surface area contributed by atoms with Crippen LogP contribution in [0.3, 0.4) is 0 Å². The maximum Gasteiger partial charge on any atom is 0.253 e. The minimum Gasteiger partial charge on any atom is -0.382 e. The normalized spacial score (nSPS) is 23.4. The molecule has 1 aromatic rings. The summed E-state index contributed by atoms with van der Waals surface area (Å²) in [5.74, 6) is -0.595. The third kappa shape index (κ3) is 3.52. The van der Waals surface area contributed by atoms with Gasteiger partial charge in [-0.15, -0.1) is 0 Å². The number of hydrogen-bond acceptors (Lipinski definition) is 3. The van der Waals surface area contributed by atoms with Crippen LogP contribution in [0.15, 0.2) is 18.2 Å². The number of methoxy groups -OCH3 is 1. The van der Waals surface area contributed by atoms with Crippen LogP contribution in [0.1, 0.15) is 29.6 Å². The van der Waals surface area contributed by atoms with E-state index in [0.717, 1.165) is 25.9 Å². The smallest absolute Gasteiger partial charge is 0.253 e. The Balaban J connectivity index is 1.60. The first-order valence-electron chi connectivity index (χ1n) is 7.88. The number of carbonyl (C=O) groups is 1. The lowest BCUT2D eigenvalue weighted by molar-refractivity contribution is 0.0281. The SMILES string of the molecule is COCC1CC2(CCN(C(=O)c3ccc(F)c(Cl)c3)CC2)CO1. The average molecular weight is 342 g/mol. The Hall–Kier alpha value is -1.17. The van der Waals surface area contributed by atoms with E-state index in [2.05, 4.69) is 0 Å². The number of hydrogen-bond donors (Lipinski definition) is 0. The molecule has 2 aliphatic heterocycles. The molecule has 2 aliphatic rings. The Morgan fingerprint density at radius 2 is 2.22 bits per heavy atom. The van der Waals surface area contributed by atoms with Crippen molar-refractivity contribution in [2.75, 3.05) is 33.4 Å². The summed E-state index contributed by atoms with van der Waals surface area (Å²) >= 11 is 5.77. The second-order valence-corrected chi connectivity index (χ2v) is 6.92. The van der Waals surface area contributed by atoms with E-state index in [4.69, 9.17) is 21.1 Å². The Bertz CT molecular complexity index is 587. The van der Waals surface area contributed by atoms with E-state index in [1.165, 1.54) is 18.2 Å². The Morgan fingerprint density at radius 3 is 2.87 bits per heavy atom. The largest absolute Gasteiger partial charge is 0.382 e. The molecule has 3 rings (SSSR count). The maximum atomic E-state index is 13.2. The molecule has 0 saturated carbocycles. The highest BCUT2D eigenvalue weighted by Crippen LogP contribution is 2.42. The van der Waals surface area contributed by atoms with Crippen molar-refractivity contribution in [3.8, 4) is 0 Å². The molecular formula is C17H21ClFNO3. The van der Waals surface area contributed by atoms with E-state index in [0.29, 0.717) is 25.3 Å². The monoisotopic (exact) mass is 341 g/mol. The van der Waals surface area contributed by atoms with Crippen LogP contribution in [0.4, 0.5) is 4.39 Å². The van der Waals surface area contributed by atoms with Crippen molar-refractivity contribution in [2.24, 2.45) is 5.41 Å². The summed E-state index contributed by atoms with van der Waals surface area (Å²) in [6.07, 6.45) is 3.01. The fourth-order valence-corrected chi connectivity index (χ4v) is 3.71. The summed E-state index contributed by atoms with van der Waals surface area (Å²) in [6.45, 7) is 2.75. The van der Waals surface area contributed by atoms with Gasteiger partial charge in [-0.05, 0) is 42.9 Å². The highest BCUT2D eigenvalue weighted by Gasteiger charge is 2.43. The van der Waals surface area contributed by atoms with Crippen LogP contribution in [0.2, 0.25) is 5.02 Å². The number of rotatable bonds is 3. The van der Waals surface area contributed by atoms with Gasteiger partial charge in [-0.2, -0.15) is 0 Å². The molecule has 23 heavy (non-hydrogen) atoms. The average Bonchev–Trinajstić information content (AvgIpc) is 2.93. The number of piperidine rings is 1. The number of benzene rings is 1. The molecule has 1 unspecified atom stereocenters. The van der Waals surface area contributed by atoms with Crippen LogP contribution in [0, 0.1) is 11.2 Å². The van der Waals surface area contributed by atoms with Crippen molar-refractivity contribution in [2.45, 2.75) is 25.4 Å². The Morgan fingerprint density at radius 1 is 1.48 bits per heavy atom. The van der Waals surface area contributed by atoms with Gasteiger partial charge in [0.15, 0.2) is 0 Å². The number of nitrogens with zero attached hydrogens (tertiary/aromatic N) is 1. The first-order chi connectivity index (χ1) is 11.0. The number of amides is 1. The van der Waals surface area contributed by atoms with Gasteiger partial charge in [-0.3, -0.25) is 4.79 Å². The minimum absolute atomic E-state index is 0.0177. The molecule has 0 bridgehead atoms. The quantitative estimate of drug-likeness (QED) is 0.847. The maximum absolute atomic E-state index is 13.2. The molecule has 0 N–H and O–H groups in total. The second-order valence-electron chi connectivity index (χ2n) is 6.51. The van der Waals surface area contributed by atoms with Gasteiger partial charge in [-0.1, -0.05) is 11.6 Å². The lowest BCUT2D eigenvalue weighted by Gasteiger charge is -2.38. The number of ether oxygens (including phenoxy) is 2. The van der Waals surface area contributed by atoms with E-state index >= 15 is 0 Å². The highest BCUT2D eigenvalue weighted by atomic mass is 35.5. The molecule has 0 radical (unpaired) electrons. The van der Waals surface area contributed by atoms with Gasteiger partial charge >= 0.3 is 0 Å². The van der Waals surface area contributed by atoms with Crippen molar-refractivity contribution < 1.29 is 18.7 Å². The lowest BCUT2D eigenvalue weighted by atomic mass is 9.76. The van der Waals surface area contributed by atoms with Gasteiger partial charge in [0.25, 0.3) is 5.91 Å². The predicted molar refractivity (Wildman–Crippen MR) is 85.2 cm³/mol. The van der Waals surface area contributed by atoms with Crippen molar-refractivity contribution in [1.82, 2.24) is 4.90 Å². The van der Waals surface area contributed by atoms with Crippen molar-refractivity contribution in [3.63, 3.8) is 0 Å². The zero-order valence-electron chi connectivity index (χ0n) is 13.2. The van der Waals surface area contributed by atoms with Crippen LogP contribution in [-0.2, 0) is 9.47 Å². The predicted octanol–water partition coefficient (Wildman–Crippen LogP) is 3.14. The van der Waals surface area contributed by atoms with Crippen molar-refractivity contribution >= 4 is 17.5 Å². The van der Waals surface area contributed by atoms with E-state index < -0.39 is 5.82 Å². The Kier molecular flexibility index (Phi) is 4.90. The van der Waals surface area contributed by atoms with Crippen LogP contribution in [0.5, 0.6) is 0 Å². The topological polar surface area (TPSA) is 38.8 Å². The molecule has 4 nitrogen and oxygen atoms in total. The van der Waals surface area contributed by atoms with E-state index in [9.17, 15) is 9.18 Å². The molecule has 126 valence electrons. The molecule has 0 aliphatic carbocycles. The van der Waals surface area contributed by atoms with E-state index in [-0.39, 0.29) is 22.4 Å². The third-order valence-corrected chi connectivity index (χ3v) is 5.21. The molecule has 2 heterocycles. The zero-order valence-corrected chi connectivity index (χ0v) is 13.9. The molecule has 1 spiro atoms. The molecular weight excluding hydrogens is 321 g/mol. The molecule has 1 atom stereocenters. The lowest BCUT2D eigenvalue weighted by Crippen LogP contribution is -2.43. The Labute approximate surface area is 140 Å². The third-order valence-electron chi connectivity index (χ3n) is 4.92. The highest BCUT2D eigenvalue weighted by molar-refractivity contribution is 6.31. The fraction of sp³-hybridized carbons (Fsp3) is 0.588. The van der Waals surface area contributed by atoms with Crippen LogP contribution < -0.4 is 0 Å². The first-order valence-corrected chi connectivity index (χ1v) is 8.26. The fourth-order valence-electron chi connectivity index (χ4n) is 3.53. The summed E-state index contributed by atoms with van der Waals surface area (Å²) < 4.78 is 24.2. The van der Waals surface area contributed by atoms with Gasteiger partial charge < -0.3 is 14.4 Å². The van der Waals surface area contributed by atoms with Crippen molar-refractivity contribution in [1.29, 1.82) is 0 Å². The molecule has 6 heteroatoms. The molecule has 1 amide bonds. The van der Waals surface area contributed by atoms with Crippen molar-refractivity contribution in [3.05, 3.63) is 34.6 Å². The van der Waals surface area contributed by atoms with E-state index in [1.54, 1.807) is 7.11 Å². The molecule has 0 aromatic heterocycles. The summed E-state index contributed by atoms with van der Waals surface area (Å²) in [4.78, 5) is 14.3. The second kappa shape index (κ2) is 6.75. The standard InChI is InChI=1S/C17H21ClFNO3/c1-22-10-13-9-17(11-23-13)4-6-20(7-5-17)16(21)12-2-3-15(19)14(18)8-12/h2-3,8,13H,4-7,9-11H2,1H3. The van der Waals surface area contributed by atoms with Gasteiger partial charge in [-0.25, -0.2) is 4.39 Å². The zero-order chi connectivity index (χ0) is 16.4. The number of likely N-dealkylation sites (tertiary alicyclic amines) is 1. The van der Waals surface area contributed by atoms with Gasteiger partial charge in [0.1, 0.15) is 5.82 Å². The van der Waals surface area contributed by atoms with Crippen LogP contribution >= 0.6 is 11.6 Å². The first kappa shape index (κ1) is 16.7.